The van der Waals surface area contributed by atoms with E-state index in [9.17, 15) is 0 Å². The van der Waals surface area contributed by atoms with E-state index in [4.69, 9.17) is 0 Å². The standard InChI is InChI=1S/C10H21N.CH6NP/c1-4-10(2,3)9-5-7-11-8-6-9;1-2-3/h9,11H,4-8H2,1-3H3;2H,3H2,1H3. The number of hydrogen-bond donors (Lipinski definition) is 2. The van der Waals surface area contributed by atoms with E-state index in [1.54, 1.807) is 0 Å². The fourth-order valence-corrected chi connectivity index (χ4v) is 1.89. The van der Waals surface area contributed by atoms with Crippen molar-refractivity contribution in [3.63, 3.8) is 0 Å². The third-order valence-corrected chi connectivity index (χ3v) is 3.36. The van der Waals surface area contributed by atoms with Gasteiger partial charge in [0.1, 0.15) is 0 Å². The van der Waals surface area contributed by atoms with Crippen LogP contribution in [0.2, 0.25) is 0 Å². The molecule has 1 fully saturated rings. The first-order valence-corrected chi connectivity index (χ1v) is 6.24. The first-order chi connectivity index (χ1) is 6.58. The van der Waals surface area contributed by atoms with Gasteiger partial charge in [0.15, 0.2) is 0 Å². The van der Waals surface area contributed by atoms with E-state index in [1.165, 1.54) is 32.4 Å². The summed E-state index contributed by atoms with van der Waals surface area (Å²) in [5.74, 6) is 0.953. The number of hydrogen-bond acceptors (Lipinski definition) is 2. The van der Waals surface area contributed by atoms with Crippen LogP contribution in [0.3, 0.4) is 0 Å². The zero-order chi connectivity index (χ0) is 11.0. The molecule has 1 saturated heterocycles. The summed E-state index contributed by atoms with van der Waals surface area (Å²) in [6.45, 7) is 9.58. The van der Waals surface area contributed by atoms with Crippen molar-refractivity contribution in [2.24, 2.45) is 11.3 Å². The van der Waals surface area contributed by atoms with Crippen LogP contribution in [0.1, 0.15) is 40.0 Å². The van der Waals surface area contributed by atoms with Crippen LogP contribution in [0, 0.1) is 11.3 Å². The van der Waals surface area contributed by atoms with Crippen LogP contribution >= 0.6 is 9.39 Å². The lowest BCUT2D eigenvalue weighted by Crippen LogP contribution is -2.35. The Bertz CT molecular complexity index is 131. The lowest BCUT2D eigenvalue weighted by Gasteiger charge is -2.36. The summed E-state index contributed by atoms with van der Waals surface area (Å²) < 4.78 is 0. The second-order valence-electron chi connectivity index (χ2n) is 4.66. The summed E-state index contributed by atoms with van der Waals surface area (Å²) in [7, 11) is 4.17. The van der Waals surface area contributed by atoms with Gasteiger partial charge in [0.05, 0.1) is 0 Å². The highest BCUT2D eigenvalue weighted by Crippen LogP contribution is 2.35. The fraction of sp³-hybridized carbons (Fsp3) is 1.00. The lowest BCUT2D eigenvalue weighted by atomic mass is 9.72. The predicted octanol–water partition coefficient (Wildman–Crippen LogP) is 2.42. The van der Waals surface area contributed by atoms with Gasteiger partial charge in [-0.1, -0.05) is 36.6 Å². The second kappa shape index (κ2) is 7.62. The second-order valence-corrected chi connectivity index (χ2v) is 5.23. The molecule has 2 N–H and O–H groups in total. The molecule has 0 spiro atoms. The van der Waals surface area contributed by atoms with E-state index in [2.05, 4.69) is 40.6 Å². The van der Waals surface area contributed by atoms with Gasteiger partial charge in [-0.05, 0) is 44.3 Å². The molecule has 2 nitrogen and oxygen atoms in total. The van der Waals surface area contributed by atoms with Gasteiger partial charge in [0, 0.05) is 0 Å². The molecule has 0 aliphatic carbocycles. The van der Waals surface area contributed by atoms with Crippen molar-refractivity contribution in [1.29, 1.82) is 0 Å². The monoisotopic (exact) mass is 218 g/mol. The summed E-state index contributed by atoms with van der Waals surface area (Å²) >= 11 is 0. The van der Waals surface area contributed by atoms with Gasteiger partial charge in [-0.15, -0.1) is 0 Å². The molecule has 0 amide bonds. The van der Waals surface area contributed by atoms with Crippen LogP contribution in [-0.2, 0) is 0 Å². The summed E-state index contributed by atoms with van der Waals surface area (Å²) in [6, 6.07) is 0. The molecular weight excluding hydrogens is 191 g/mol. The van der Waals surface area contributed by atoms with E-state index < -0.39 is 0 Å². The molecule has 1 rings (SSSR count). The van der Waals surface area contributed by atoms with E-state index in [0.29, 0.717) is 5.41 Å². The van der Waals surface area contributed by atoms with Gasteiger partial charge in [-0.2, -0.15) is 0 Å². The van der Waals surface area contributed by atoms with Crippen molar-refractivity contribution in [1.82, 2.24) is 10.4 Å². The zero-order valence-electron chi connectivity index (χ0n) is 10.2. The maximum atomic E-state index is 3.41. The summed E-state index contributed by atoms with van der Waals surface area (Å²) in [6.07, 6.45) is 4.07. The first kappa shape index (κ1) is 14.3. The Morgan fingerprint density at radius 2 is 1.79 bits per heavy atom. The van der Waals surface area contributed by atoms with Gasteiger partial charge >= 0.3 is 0 Å². The average molecular weight is 218 g/mol. The topological polar surface area (TPSA) is 24.1 Å². The molecule has 1 unspecified atom stereocenters. The van der Waals surface area contributed by atoms with Crippen molar-refractivity contribution in [3.05, 3.63) is 0 Å². The van der Waals surface area contributed by atoms with Crippen LogP contribution < -0.4 is 10.4 Å². The molecule has 1 heterocycles. The van der Waals surface area contributed by atoms with Crippen LogP contribution in [0.25, 0.3) is 0 Å². The minimum absolute atomic E-state index is 0.572. The third kappa shape index (κ3) is 5.29. The largest absolute Gasteiger partial charge is 0.317 e. The SMILES string of the molecule is CCC(C)(C)C1CCNCC1.CNP. The highest BCUT2D eigenvalue weighted by molar-refractivity contribution is 7.13. The van der Waals surface area contributed by atoms with Gasteiger partial charge in [-0.25, -0.2) is 0 Å². The summed E-state index contributed by atoms with van der Waals surface area (Å²) in [5.41, 5.74) is 0.572. The minimum Gasteiger partial charge on any atom is -0.317 e. The molecule has 0 aromatic rings. The van der Waals surface area contributed by atoms with Crippen molar-refractivity contribution in [2.45, 2.75) is 40.0 Å². The molecular formula is C11H27N2P. The van der Waals surface area contributed by atoms with Crippen LogP contribution in [0.15, 0.2) is 0 Å². The van der Waals surface area contributed by atoms with Crippen molar-refractivity contribution in [2.75, 3.05) is 20.1 Å². The third-order valence-electron chi connectivity index (χ3n) is 3.36. The normalized spacial score (nSPS) is 18.6. The van der Waals surface area contributed by atoms with E-state index in [1.807, 2.05) is 7.05 Å². The molecule has 1 aliphatic rings. The Labute approximate surface area is 91.9 Å². The number of nitrogens with one attached hydrogen (secondary N) is 2. The molecule has 0 radical (unpaired) electrons. The molecule has 0 aromatic heterocycles. The average Bonchev–Trinajstić information content (AvgIpc) is 2.20. The van der Waals surface area contributed by atoms with Gasteiger partial charge in [-0.3, -0.25) is 0 Å². The van der Waals surface area contributed by atoms with Crippen LogP contribution in [-0.4, -0.2) is 20.1 Å². The minimum atomic E-state index is 0.572. The Kier molecular flexibility index (Phi) is 7.81. The van der Waals surface area contributed by atoms with Crippen LogP contribution in [0.5, 0.6) is 0 Å². The molecule has 86 valence electrons. The molecule has 0 saturated carbocycles. The Morgan fingerprint density at radius 3 is 2.14 bits per heavy atom. The van der Waals surface area contributed by atoms with Crippen molar-refractivity contribution in [3.8, 4) is 0 Å². The van der Waals surface area contributed by atoms with Crippen LogP contribution in [0.4, 0.5) is 0 Å². The molecule has 14 heavy (non-hydrogen) atoms. The van der Waals surface area contributed by atoms with E-state index in [-0.39, 0.29) is 0 Å². The predicted molar refractivity (Wildman–Crippen MR) is 68.4 cm³/mol. The van der Waals surface area contributed by atoms with Gasteiger partial charge in [0.2, 0.25) is 0 Å². The Hall–Kier alpha value is 0.350. The Morgan fingerprint density at radius 1 is 1.36 bits per heavy atom. The molecule has 1 atom stereocenters. The maximum Gasteiger partial charge on any atom is -0.00461 e. The molecule has 1 aliphatic heterocycles. The molecule has 0 aromatic carbocycles. The van der Waals surface area contributed by atoms with Gasteiger partial charge < -0.3 is 10.4 Å². The van der Waals surface area contributed by atoms with E-state index in [0.717, 1.165) is 5.92 Å². The zero-order valence-corrected chi connectivity index (χ0v) is 11.3. The number of piperidine rings is 1. The molecule has 3 heteroatoms. The first-order valence-electron chi connectivity index (χ1n) is 5.66. The number of rotatable bonds is 2. The van der Waals surface area contributed by atoms with Gasteiger partial charge in [0.25, 0.3) is 0 Å². The summed E-state index contributed by atoms with van der Waals surface area (Å²) in [5, 5.41) is 6.08. The smallest absolute Gasteiger partial charge is 0.00461 e. The Balaban J connectivity index is 0.000000500. The lowest BCUT2D eigenvalue weighted by molar-refractivity contribution is 0.160. The quantitative estimate of drug-likeness (QED) is 0.696. The van der Waals surface area contributed by atoms with Crippen molar-refractivity contribution < 1.29 is 0 Å². The fourth-order valence-electron chi connectivity index (χ4n) is 1.89. The summed E-state index contributed by atoms with van der Waals surface area (Å²) in [4.78, 5) is 0. The maximum absolute atomic E-state index is 3.41. The highest BCUT2D eigenvalue weighted by atomic mass is 31.0. The van der Waals surface area contributed by atoms with Crippen molar-refractivity contribution >= 4 is 9.39 Å². The highest BCUT2D eigenvalue weighted by Gasteiger charge is 2.28. The van der Waals surface area contributed by atoms with E-state index >= 15 is 0 Å². The molecule has 0 bridgehead atoms.